The topological polar surface area (TPSA) is 78.4 Å². The lowest BCUT2D eigenvalue weighted by Gasteiger charge is -2.19. The van der Waals surface area contributed by atoms with Gasteiger partial charge in [-0.05, 0) is 43.5 Å². The lowest BCUT2D eigenvalue weighted by Crippen LogP contribution is -2.28. The maximum atomic E-state index is 11.7. The number of benzene rings is 1. The van der Waals surface area contributed by atoms with E-state index in [4.69, 9.17) is 0 Å². The van der Waals surface area contributed by atoms with Crippen molar-refractivity contribution in [3.8, 4) is 0 Å². The highest BCUT2D eigenvalue weighted by atomic mass is 32.2. The first-order chi connectivity index (χ1) is 9.52. The Balaban J connectivity index is 2.02. The molecule has 1 aliphatic rings. The number of hydrogen-bond acceptors (Lipinski definition) is 4. The van der Waals surface area contributed by atoms with E-state index in [1.165, 1.54) is 0 Å². The Morgan fingerprint density at radius 3 is 2.65 bits per heavy atom. The van der Waals surface area contributed by atoms with E-state index in [-0.39, 0.29) is 11.8 Å². The second-order valence-electron chi connectivity index (χ2n) is 5.19. The zero-order chi connectivity index (χ0) is 14.6. The Hall–Kier alpha value is -1.11. The molecule has 0 radical (unpaired) electrons. The smallest absolute Gasteiger partial charge is 0.232 e. The van der Waals surface area contributed by atoms with Gasteiger partial charge in [0.25, 0.3) is 0 Å². The van der Waals surface area contributed by atoms with Gasteiger partial charge < -0.3 is 10.4 Å². The molecule has 20 heavy (non-hydrogen) atoms. The molecule has 112 valence electrons. The van der Waals surface area contributed by atoms with Gasteiger partial charge in [-0.25, -0.2) is 8.42 Å². The summed E-state index contributed by atoms with van der Waals surface area (Å²) in [6.07, 6.45) is 2.08. The minimum absolute atomic E-state index is 0.0950. The van der Waals surface area contributed by atoms with Gasteiger partial charge >= 0.3 is 0 Å². The zero-order valence-electron chi connectivity index (χ0n) is 11.7. The number of aliphatic hydroxyl groups excluding tert-OH is 1. The third kappa shape index (κ3) is 3.94. The fourth-order valence-electron chi connectivity index (χ4n) is 2.46. The van der Waals surface area contributed by atoms with E-state index in [1.807, 2.05) is 6.92 Å². The molecule has 0 saturated carbocycles. The molecule has 1 fully saturated rings. The summed E-state index contributed by atoms with van der Waals surface area (Å²) in [6.45, 7) is 2.77. The van der Waals surface area contributed by atoms with Crippen molar-refractivity contribution in [3.63, 3.8) is 0 Å². The van der Waals surface area contributed by atoms with Crippen LogP contribution in [0.1, 0.15) is 37.9 Å². The highest BCUT2D eigenvalue weighted by Gasteiger charge is 2.23. The minimum atomic E-state index is -3.26. The molecule has 1 aliphatic heterocycles. The van der Waals surface area contributed by atoms with Crippen LogP contribution in [0.3, 0.4) is 0 Å². The first kappa shape index (κ1) is 15.3. The summed E-state index contributed by atoms with van der Waals surface area (Å²) in [4.78, 5) is 0. The van der Waals surface area contributed by atoms with Crippen LogP contribution in [0.2, 0.25) is 0 Å². The average molecular weight is 298 g/mol. The van der Waals surface area contributed by atoms with Crippen LogP contribution in [0.5, 0.6) is 0 Å². The molecule has 2 unspecified atom stereocenters. The lowest BCUT2D eigenvalue weighted by atomic mass is 10.0. The Morgan fingerprint density at radius 1 is 1.40 bits per heavy atom. The molecule has 0 amide bonds. The van der Waals surface area contributed by atoms with Crippen LogP contribution in [0.25, 0.3) is 0 Å². The van der Waals surface area contributed by atoms with Crippen molar-refractivity contribution in [2.24, 2.45) is 0 Å². The van der Waals surface area contributed by atoms with Crippen LogP contribution in [0.15, 0.2) is 24.3 Å². The maximum absolute atomic E-state index is 11.7. The molecular formula is C14H22N2O3S. The van der Waals surface area contributed by atoms with Gasteiger partial charge in [0, 0.05) is 11.7 Å². The molecule has 2 atom stereocenters. The third-order valence-electron chi connectivity index (χ3n) is 3.48. The van der Waals surface area contributed by atoms with Crippen LogP contribution >= 0.6 is 0 Å². The van der Waals surface area contributed by atoms with Crippen LogP contribution in [-0.4, -0.2) is 31.9 Å². The van der Waals surface area contributed by atoms with Crippen LogP contribution < -0.4 is 10.0 Å². The zero-order valence-corrected chi connectivity index (χ0v) is 12.5. The van der Waals surface area contributed by atoms with Gasteiger partial charge in [-0.3, -0.25) is 4.72 Å². The number of rotatable bonds is 6. The number of anilines is 1. The molecule has 1 saturated heterocycles. The molecule has 1 heterocycles. The van der Waals surface area contributed by atoms with E-state index in [0.717, 1.165) is 24.9 Å². The standard InChI is InChI=1S/C14H22N2O3S/c1-2-10-20(18,19)16-12-7-5-11(6-8-12)14(17)13-4-3-9-15-13/h5-8,13-17H,2-4,9-10H2,1H3. The fourth-order valence-corrected chi connectivity index (χ4v) is 3.60. The minimum Gasteiger partial charge on any atom is -0.387 e. The summed E-state index contributed by atoms with van der Waals surface area (Å²) in [7, 11) is -3.26. The van der Waals surface area contributed by atoms with Gasteiger partial charge in [0.1, 0.15) is 0 Å². The Bertz CT molecular complexity index is 522. The largest absolute Gasteiger partial charge is 0.387 e. The van der Waals surface area contributed by atoms with Gasteiger partial charge in [-0.2, -0.15) is 0 Å². The second-order valence-corrected chi connectivity index (χ2v) is 7.03. The SMILES string of the molecule is CCCS(=O)(=O)Nc1ccc(C(O)C2CCCN2)cc1. The quantitative estimate of drug-likeness (QED) is 0.746. The Labute approximate surface area is 120 Å². The first-order valence-corrected chi connectivity index (χ1v) is 8.69. The van der Waals surface area contributed by atoms with Crippen molar-refractivity contribution in [2.75, 3.05) is 17.0 Å². The molecule has 5 nitrogen and oxygen atoms in total. The second kappa shape index (κ2) is 6.56. The Kier molecular flexibility index (Phi) is 5.01. The maximum Gasteiger partial charge on any atom is 0.232 e. The lowest BCUT2D eigenvalue weighted by molar-refractivity contribution is 0.137. The molecule has 1 aromatic carbocycles. The van der Waals surface area contributed by atoms with Crippen molar-refractivity contribution in [1.82, 2.24) is 5.32 Å². The molecule has 3 N–H and O–H groups in total. The normalized spacial score (nSPS) is 20.8. The molecule has 1 aromatic rings. The van der Waals surface area contributed by atoms with E-state index in [0.29, 0.717) is 12.1 Å². The summed E-state index contributed by atoms with van der Waals surface area (Å²) in [6, 6.07) is 7.03. The number of sulfonamides is 1. The molecule has 0 spiro atoms. The molecule has 0 aromatic heterocycles. The molecule has 0 aliphatic carbocycles. The van der Waals surface area contributed by atoms with E-state index >= 15 is 0 Å². The highest BCUT2D eigenvalue weighted by molar-refractivity contribution is 7.92. The third-order valence-corrected chi connectivity index (χ3v) is 4.97. The van der Waals surface area contributed by atoms with E-state index in [1.54, 1.807) is 24.3 Å². The van der Waals surface area contributed by atoms with Gasteiger partial charge in [-0.1, -0.05) is 19.1 Å². The van der Waals surface area contributed by atoms with Crippen molar-refractivity contribution in [2.45, 2.75) is 38.3 Å². The van der Waals surface area contributed by atoms with Crippen molar-refractivity contribution >= 4 is 15.7 Å². The molecule has 2 rings (SSSR count). The van der Waals surface area contributed by atoms with Gasteiger partial charge in [0.15, 0.2) is 0 Å². The Morgan fingerprint density at radius 2 is 2.10 bits per heavy atom. The monoisotopic (exact) mass is 298 g/mol. The van der Waals surface area contributed by atoms with E-state index in [9.17, 15) is 13.5 Å². The van der Waals surface area contributed by atoms with Crippen molar-refractivity contribution in [3.05, 3.63) is 29.8 Å². The number of aliphatic hydroxyl groups is 1. The molecule has 6 heteroatoms. The number of nitrogens with one attached hydrogen (secondary N) is 2. The van der Waals surface area contributed by atoms with Crippen LogP contribution in [0.4, 0.5) is 5.69 Å². The fraction of sp³-hybridized carbons (Fsp3) is 0.571. The summed E-state index contributed by atoms with van der Waals surface area (Å²) in [5.41, 5.74) is 1.34. The van der Waals surface area contributed by atoms with E-state index < -0.39 is 16.1 Å². The van der Waals surface area contributed by atoms with Crippen molar-refractivity contribution in [1.29, 1.82) is 0 Å². The predicted octanol–water partition coefficient (Wildman–Crippen LogP) is 1.62. The average Bonchev–Trinajstić information content (AvgIpc) is 2.92. The van der Waals surface area contributed by atoms with Gasteiger partial charge in [-0.15, -0.1) is 0 Å². The van der Waals surface area contributed by atoms with Crippen molar-refractivity contribution < 1.29 is 13.5 Å². The van der Waals surface area contributed by atoms with Gasteiger partial charge in [0.05, 0.1) is 11.9 Å². The summed E-state index contributed by atoms with van der Waals surface area (Å²) >= 11 is 0. The van der Waals surface area contributed by atoms with Crippen LogP contribution in [0, 0.1) is 0 Å². The summed E-state index contributed by atoms with van der Waals surface area (Å²) in [5.74, 6) is 0.114. The van der Waals surface area contributed by atoms with Crippen LogP contribution in [-0.2, 0) is 10.0 Å². The van der Waals surface area contributed by atoms with Gasteiger partial charge in [0.2, 0.25) is 10.0 Å². The number of hydrogen-bond donors (Lipinski definition) is 3. The summed E-state index contributed by atoms with van der Waals surface area (Å²) in [5, 5.41) is 13.5. The first-order valence-electron chi connectivity index (χ1n) is 7.04. The molecule has 0 bridgehead atoms. The highest BCUT2D eigenvalue weighted by Crippen LogP contribution is 2.24. The summed E-state index contributed by atoms with van der Waals surface area (Å²) < 4.78 is 25.8. The molecular weight excluding hydrogens is 276 g/mol. The van der Waals surface area contributed by atoms with E-state index in [2.05, 4.69) is 10.0 Å². The predicted molar refractivity (Wildman–Crippen MR) is 80.1 cm³/mol.